The first-order chi connectivity index (χ1) is 3.00. The zero-order chi connectivity index (χ0) is 4.24. The Kier molecular flexibility index (Phi) is 10.7. The molecule has 1 aliphatic rings. The van der Waals surface area contributed by atoms with Crippen LogP contribution in [0.5, 0.6) is 0 Å². The summed E-state index contributed by atoms with van der Waals surface area (Å²) in [6, 6.07) is 0. The number of halogens is 2. The van der Waals surface area contributed by atoms with E-state index in [2.05, 4.69) is 10.2 Å². The minimum absolute atomic E-state index is 0. The highest BCUT2D eigenvalue weighted by molar-refractivity contribution is 8.93. The SMILES string of the molecule is Br.Br.C1CCN=NC1. The van der Waals surface area contributed by atoms with Crippen molar-refractivity contribution < 1.29 is 0 Å². The van der Waals surface area contributed by atoms with Crippen molar-refractivity contribution in [2.45, 2.75) is 12.8 Å². The van der Waals surface area contributed by atoms with Crippen LogP contribution >= 0.6 is 34.0 Å². The summed E-state index contributed by atoms with van der Waals surface area (Å²) in [5.74, 6) is 0. The summed E-state index contributed by atoms with van der Waals surface area (Å²) in [4.78, 5) is 0. The van der Waals surface area contributed by atoms with Gasteiger partial charge in [-0.25, -0.2) is 0 Å². The summed E-state index contributed by atoms with van der Waals surface area (Å²) >= 11 is 0. The smallest absolute Gasteiger partial charge is 0.0599 e. The van der Waals surface area contributed by atoms with Crippen LogP contribution in [0.15, 0.2) is 10.2 Å². The van der Waals surface area contributed by atoms with Gasteiger partial charge in [-0.1, -0.05) is 0 Å². The molecule has 0 radical (unpaired) electrons. The Balaban J connectivity index is 0. The molecule has 0 saturated heterocycles. The molecule has 0 aromatic rings. The molecule has 0 spiro atoms. The van der Waals surface area contributed by atoms with Crippen molar-refractivity contribution in [3.05, 3.63) is 0 Å². The molecule has 1 rings (SSSR count). The molecular weight excluding hydrogens is 236 g/mol. The van der Waals surface area contributed by atoms with Gasteiger partial charge in [-0.05, 0) is 12.8 Å². The first-order valence-electron chi connectivity index (χ1n) is 2.33. The molecule has 0 aliphatic carbocycles. The monoisotopic (exact) mass is 244 g/mol. The van der Waals surface area contributed by atoms with Crippen molar-refractivity contribution in [1.82, 2.24) is 0 Å². The Hall–Kier alpha value is 0.560. The predicted molar refractivity (Wildman–Crippen MR) is 44.5 cm³/mol. The largest absolute Gasteiger partial charge is 0.194 e. The number of rotatable bonds is 0. The van der Waals surface area contributed by atoms with E-state index in [1.165, 1.54) is 12.8 Å². The molecule has 0 atom stereocenters. The molecule has 0 unspecified atom stereocenters. The molecule has 0 amide bonds. The summed E-state index contributed by atoms with van der Waals surface area (Å²) < 4.78 is 0. The van der Waals surface area contributed by atoms with Crippen molar-refractivity contribution in [2.24, 2.45) is 10.2 Å². The average molecular weight is 246 g/mol. The van der Waals surface area contributed by atoms with Crippen LogP contribution in [0.1, 0.15) is 12.8 Å². The van der Waals surface area contributed by atoms with Crippen molar-refractivity contribution in [3.63, 3.8) is 0 Å². The molecule has 0 aromatic carbocycles. The van der Waals surface area contributed by atoms with Gasteiger partial charge in [-0.15, -0.1) is 34.0 Å². The van der Waals surface area contributed by atoms with Gasteiger partial charge in [0, 0.05) is 0 Å². The van der Waals surface area contributed by atoms with Crippen molar-refractivity contribution in [1.29, 1.82) is 0 Å². The van der Waals surface area contributed by atoms with Gasteiger partial charge in [0.2, 0.25) is 0 Å². The van der Waals surface area contributed by atoms with Crippen molar-refractivity contribution >= 4 is 34.0 Å². The molecule has 2 nitrogen and oxygen atoms in total. The van der Waals surface area contributed by atoms with Crippen molar-refractivity contribution in [3.8, 4) is 0 Å². The Morgan fingerprint density at radius 1 is 0.750 bits per heavy atom. The van der Waals surface area contributed by atoms with E-state index in [-0.39, 0.29) is 34.0 Å². The number of hydrogen-bond donors (Lipinski definition) is 0. The standard InChI is InChI=1S/C4H8N2.2BrH/c1-2-4-6-5-3-1;;/h1-4H2;2*1H. The molecule has 0 bridgehead atoms. The fourth-order valence-electron chi connectivity index (χ4n) is 0.506. The molecule has 0 N–H and O–H groups in total. The molecule has 4 heteroatoms. The number of nitrogens with zero attached hydrogens (tertiary/aromatic N) is 2. The number of hydrogen-bond acceptors (Lipinski definition) is 2. The van der Waals surface area contributed by atoms with E-state index in [4.69, 9.17) is 0 Å². The van der Waals surface area contributed by atoms with Crippen LogP contribution in [-0.4, -0.2) is 13.1 Å². The van der Waals surface area contributed by atoms with E-state index in [1.54, 1.807) is 0 Å². The van der Waals surface area contributed by atoms with Crippen molar-refractivity contribution in [2.75, 3.05) is 13.1 Å². The van der Waals surface area contributed by atoms with E-state index >= 15 is 0 Å². The lowest BCUT2D eigenvalue weighted by atomic mass is 10.3. The lowest BCUT2D eigenvalue weighted by Gasteiger charge is -1.96. The third-order valence-electron chi connectivity index (χ3n) is 0.866. The van der Waals surface area contributed by atoms with Gasteiger partial charge in [0.05, 0.1) is 13.1 Å². The van der Waals surface area contributed by atoms with Crippen LogP contribution in [0.2, 0.25) is 0 Å². The summed E-state index contributed by atoms with van der Waals surface area (Å²) in [5, 5.41) is 7.60. The molecule has 0 saturated carbocycles. The van der Waals surface area contributed by atoms with Crippen LogP contribution in [0.4, 0.5) is 0 Å². The van der Waals surface area contributed by atoms with Crippen LogP contribution in [0.25, 0.3) is 0 Å². The van der Waals surface area contributed by atoms with E-state index in [0.29, 0.717) is 0 Å². The first kappa shape index (κ1) is 11.4. The summed E-state index contributed by atoms with van der Waals surface area (Å²) in [6.45, 7) is 1.92. The van der Waals surface area contributed by atoms with Gasteiger partial charge in [0.15, 0.2) is 0 Å². The second-order valence-electron chi connectivity index (χ2n) is 1.44. The highest BCUT2D eigenvalue weighted by Gasteiger charge is 1.89. The highest BCUT2D eigenvalue weighted by Crippen LogP contribution is 1.96. The topological polar surface area (TPSA) is 24.7 Å². The Morgan fingerprint density at radius 2 is 1.12 bits per heavy atom. The van der Waals surface area contributed by atoms with Gasteiger partial charge >= 0.3 is 0 Å². The average Bonchev–Trinajstić information content (AvgIpc) is 1.72. The molecule has 0 aromatic heterocycles. The third-order valence-corrected chi connectivity index (χ3v) is 0.866. The minimum Gasteiger partial charge on any atom is -0.194 e. The van der Waals surface area contributed by atoms with Crippen LogP contribution in [0.3, 0.4) is 0 Å². The van der Waals surface area contributed by atoms with Crippen LogP contribution < -0.4 is 0 Å². The van der Waals surface area contributed by atoms with Crippen LogP contribution in [-0.2, 0) is 0 Å². The maximum atomic E-state index is 3.80. The molecule has 8 heavy (non-hydrogen) atoms. The lowest BCUT2D eigenvalue weighted by Crippen LogP contribution is -1.89. The normalized spacial score (nSPS) is 16.0. The zero-order valence-electron chi connectivity index (χ0n) is 4.54. The molecule has 1 heterocycles. The van der Waals surface area contributed by atoms with E-state index in [0.717, 1.165) is 13.1 Å². The minimum atomic E-state index is 0. The van der Waals surface area contributed by atoms with Gasteiger partial charge in [0.1, 0.15) is 0 Å². The van der Waals surface area contributed by atoms with Gasteiger partial charge in [0.25, 0.3) is 0 Å². The second kappa shape index (κ2) is 7.56. The summed E-state index contributed by atoms with van der Waals surface area (Å²) in [5.41, 5.74) is 0. The Labute approximate surface area is 70.3 Å². The molecule has 0 fully saturated rings. The number of azo groups is 1. The van der Waals surface area contributed by atoms with Gasteiger partial charge in [-0.2, -0.15) is 10.2 Å². The predicted octanol–water partition coefficient (Wildman–Crippen LogP) is 2.39. The second-order valence-corrected chi connectivity index (χ2v) is 1.44. The lowest BCUT2D eigenvalue weighted by molar-refractivity contribution is 0.650. The zero-order valence-corrected chi connectivity index (χ0v) is 7.97. The molecule has 50 valence electrons. The Morgan fingerprint density at radius 3 is 1.25 bits per heavy atom. The van der Waals surface area contributed by atoms with Gasteiger partial charge in [-0.3, -0.25) is 0 Å². The fraction of sp³-hybridized carbons (Fsp3) is 1.00. The summed E-state index contributed by atoms with van der Waals surface area (Å²) in [7, 11) is 0. The Bertz CT molecular complexity index is 57.1. The maximum Gasteiger partial charge on any atom is 0.0599 e. The third kappa shape index (κ3) is 4.71. The first-order valence-corrected chi connectivity index (χ1v) is 2.33. The molecule has 1 aliphatic heterocycles. The summed E-state index contributed by atoms with van der Waals surface area (Å²) in [6.07, 6.45) is 2.48. The maximum absolute atomic E-state index is 3.80. The van der Waals surface area contributed by atoms with Crippen LogP contribution in [0, 0.1) is 0 Å². The van der Waals surface area contributed by atoms with E-state index in [9.17, 15) is 0 Å². The fourth-order valence-corrected chi connectivity index (χ4v) is 0.506. The van der Waals surface area contributed by atoms with E-state index < -0.39 is 0 Å². The molecular formula is C4H10Br2N2. The van der Waals surface area contributed by atoms with Gasteiger partial charge < -0.3 is 0 Å². The highest BCUT2D eigenvalue weighted by atomic mass is 79.9. The quantitative estimate of drug-likeness (QED) is 0.626. The van der Waals surface area contributed by atoms with E-state index in [1.807, 2.05) is 0 Å².